The molecule has 1 aliphatic carbocycles. The second-order valence-corrected chi connectivity index (χ2v) is 3.74. The van der Waals surface area contributed by atoms with Crippen LogP contribution in [-0.2, 0) is 9.59 Å². The molecule has 1 aromatic rings. The number of anilines is 1. The third kappa shape index (κ3) is 3.73. The predicted molar refractivity (Wildman–Crippen MR) is 64.5 cm³/mol. The Morgan fingerprint density at radius 1 is 1.11 bits per heavy atom. The number of rotatable bonds is 2. The molecular formula is C12H16FNO4. The third-order valence-corrected chi connectivity index (χ3v) is 2.44. The Balaban J connectivity index is 0.000000306. The monoisotopic (exact) mass is 257 g/mol. The van der Waals surface area contributed by atoms with Gasteiger partial charge in [0.1, 0.15) is 5.82 Å². The van der Waals surface area contributed by atoms with Gasteiger partial charge in [-0.25, -0.2) is 4.39 Å². The predicted octanol–water partition coefficient (Wildman–Crippen LogP) is 1.98. The Morgan fingerprint density at radius 3 is 1.67 bits per heavy atom. The second-order valence-electron chi connectivity index (χ2n) is 3.74. The van der Waals surface area contributed by atoms with E-state index in [1.165, 1.54) is 24.3 Å². The van der Waals surface area contributed by atoms with Crippen LogP contribution in [-0.4, -0.2) is 22.2 Å². The van der Waals surface area contributed by atoms with Crippen LogP contribution < -0.4 is 5.73 Å². The van der Waals surface area contributed by atoms with Crippen molar-refractivity contribution in [3.8, 4) is 0 Å². The number of aliphatic carboxylic acids is 2. The van der Waals surface area contributed by atoms with Gasteiger partial charge in [-0.1, -0.05) is 7.43 Å². The number of carboxylic acids is 2. The summed E-state index contributed by atoms with van der Waals surface area (Å²) in [7, 11) is 0. The summed E-state index contributed by atoms with van der Waals surface area (Å²) in [5.41, 5.74) is 4.43. The van der Waals surface area contributed by atoms with E-state index in [1.807, 2.05) is 0 Å². The molecule has 18 heavy (non-hydrogen) atoms. The van der Waals surface area contributed by atoms with Gasteiger partial charge in [-0.15, -0.1) is 0 Å². The zero-order valence-electron chi connectivity index (χ0n) is 8.89. The van der Waals surface area contributed by atoms with E-state index < -0.39 is 17.4 Å². The molecule has 5 nitrogen and oxygen atoms in total. The van der Waals surface area contributed by atoms with Crippen molar-refractivity contribution < 1.29 is 24.2 Å². The molecule has 6 heteroatoms. The van der Waals surface area contributed by atoms with Crippen molar-refractivity contribution in [2.24, 2.45) is 5.41 Å². The van der Waals surface area contributed by atoms with Crippen molar-refractivity contribution in [1.29, 1.82) is 0 Å². The molecule has 0 amide bonds. The highest BCUT2D eigenvalue weighted by Crippen LogP contribution is 2.45. The maximum atomic E-state index is 12.0. The van der Waals surface area contributed by atoms with Gasteiger partial charge in [0.2, 0.25) is 0 Å². The maximum Gasteiger partial charge on any atom is 0.321 e. The van der Waals surface area contributed by atoms with E-state index in [2.05, 4.69) is 0 Å². The summed E-state index contributed by atoms with van der Waals surface area (Å²) in [4.78, 5) is 20.3. The molecule has 0 atom stereocenters. The van der Waals surface area contributed by atoms with Crippen LogP contribution in [0, 0.1) is 11.2 Å². The molecule has 0 aromatic heterocycles. The fourth-order valence-electron chi connectivity index (χ4n) is 1.11. The van der Waals surface area contributed by atoms with Gasteiger partial charge in [0.25, 0.3) is 0 Å². The lowest BCUT2D eigenvalue weighted by Crippen LogP contribution is -2.24. The first kappa shape index (κ1) is 15.9. The van der Waals surface area contributed by atoms with Crippen LogP contribution in [0.1, 0.15) is 20.3 Å². The molecule has 1 fully saturated rings. The molecule has 1 aliphatic rings. The summed E-state index contributed by atoms with van der Waals surface area (Å²) in [6.07, 6.45) is 0.551. The number of hydrogen-bond donors (Lipinski definition) is 3. The first-order valence-corrected chi connectivity index (χ1v) is 4.86. The van der Waals surface area contributed by atoms with Gasteiger partial charge in [0.15, 0.2) is 5.41 Å². The number of benzene rings is 1. The lowest BCUT2D eigenvalue weighted by molar-refractivity contribution is -0.156. The van der Waals surface area contributed by atoms with Gasteiger partial charge >= 0.3 is 11.9 Å². The van der Waals surface area contributed by atoms with E-state index in [-0.39, 0.29) is 26.1 Å². The fourth-order valence-corrected chi connectivity index (χ4v) is 1.11. The lowest BCUT2D eigenvalue weighted by Gasteiger charge is -1.99. The summed E-state index contributed by atoms with van der Waals surface area (Å²) in [6, 6.07) is 5.70. The summed E-state index contributed by atoms with van der Waals surface area (Å²) < 4.78 is 12.0. The first-order valence-electron chi connectivity index (χ1n) is 4.86. The Labute approximate surface area is 104 Å². The molecule has 0 aliphatic heterocycles. The summed E-state index contributed by atoms with van der Waals surface area (Å²) >= 11 is 0. The van der Waals surface area contributed by atoms with E-state index in [1.54, 1.807) is 0 Å². The Kier molecular flexibility index (Phi) is 5.29. The van der Waals surface area contributed by atoms with E-state index >= 15 is 0 Å². The molecule has 1 saturated carbocycles. The smallest absolute Gasteiger partial charge is 0.321 e. The molecule has 0 spiro atoms. The van der Waals surface area contributed by atoms with Crippen LogP contribution in [0.15, 0.2) is 24.3 Å². The minimum atomic E-state index is -1.42. The maximum absolute atomic E-state index is 12.0. The Morgan fingerprint density at radius 2 is 1.50 bits per heavy atom. The van der Waals surface area contributed by atoms with Crippen molar-refractivity contribution in [1.82, 2.24) is 0 Å². The highest BCUT2D eigenvalue weighted by atomic mass is 19.1. The van der Waals surface area contributed by atoms with Gasteiger partial charge in [-0.05, 0) is 37.1 Å². The van der Waals surface area contributed by atoms with Crippen LogP contribution in [0.25, 0.3) is 0 Å². The molecule has 0 bridgehead atoms. The SMILES string of the molecule is C.Nc1ccc(F)cc1.O=C(O)C1(C(=O)O)CC1. The standard InChI is InChI=1S/C6H6FN.C5H6O4.CH4/c7-5-1-3-6(8)4-2-5;6-3(7)5(1-2-5)4(8)9;/h1-4H,8H2;1-2H2,(H,6,7)(H,8,9);1H4. The van der Waals surface area contributed by atoms with Crippen LogP contribution >= 0.6 is 0 Å². The highest BCUT2D eigenvalue weighted by Gasteiger charge is 2.57. The van der Waals surface area contributed by atoms with Crippen molar-refractivity contribution in [3.05, 3.63) is 30.1 Å². The normalized spacial score (nSPS) is 14.5. The number of halogens is 1. The highest BCUT2D eigenvalue weighted by molar-refractivity contribution is 6.01. The molecule has 100 valence electrons. The van der Waals surface area contributed by atoms with Gasteiger partial charge < -0.3 is 15.9 Å². The lowest BCUT2D eigenvalue weighted by atomic mass is 10.1. The summed E-state index contributed by atoms with van der Waals surface area (Å²) in [5.74, 6) is -2.68. The largest absolute Gasteiger partial charge is 0.480 e. The minimum Gasteiger partial charge on any atom is -0.480 e. The molecule has 2 rings (SSSR count). The summed E-state index contributed by atoms with van der Waals surface area (Å²) in [6.45, 7) is 0. The minimum absolute atomic E-state index is 0. The topological polar surface area (TPSA) is 101 Å². The van der Waals surface area contributed by atoms with Crippen molar-refractivity contribution in [2.75, 3.05) is 5.73 Å². The van der Waals surface area contributed by atoms with Gasteiger partial charge in [0, 0.05) is 5.69 Å². The molecule has 0 heterocycles. The first-order chi connectivity index (χ1) is 7.88. The molecule has 4 N–H and O–H groups in total. The van der Waals surface area contributed by atoms with Crippen molar-refractivity contribution in [2.45, 2.75) is 20.3 Å². The summed E-state index contributed by atoms with van der Waals surface area (Å²) in [5, 5.41) is 16.6. The van der Waals surface area contributed by atoms with Gasteiger partial charge in [-0.2, -0.15) is 0 Å². The zero-order valence-corrected chi connectivity index (χ0v) is 8.89. The number of nitrogen functional groups attached to an aromatic ring is 1. The van der Waals surface area contributed by atoms with E-state index in [0.717, 1.165) is 0 Å². The van der Waals surface area contributed by atoms with Crippen molar-refractivity contribution >= 4 is 17.6 Å². The van der Waals surface area contributed by atoms with Gasteiger partial charge in [-0.3, -0.25) is 9.59 Å². The quantitative estimate of drug-likeness (QED) is 0.555. The van der Waals surface area contributed by atoms with Gasteiger partial charge in [0.05, 0.1) is 0 Å². The number of carboxylic acid groups (broad SMARTS) is 2. The molecule has 0 unspecified atom stereocenters. The van der Waals surface area contributed by atoms with E-state index in [9.17, 15) is 14.0 Å². The van der Waals surface area contributed by atoms with Crippen molar-refractivity contribution in [3.63, 3.8) is 0 Å². The van der Waals surface area contributed by atoms with E-state index in [0.29, 0.717) is 5.69 Å². The Bertz CT molecular complexity index is 389. The zero-order chi connectivity index (χ0) is 13.1. The Hall–Kier alpha value is -2.11. The molecule has 0 saturated heterocycles. The molecular weight excluding hydrogens is 241 g/mol. The average molecular weight is 257 g/mol. The second kappa shape index (κ2) is 6.00. The number of carbonyl (C=O) groups is 2. The van der Waals surface area contributed by atoms with Crippen LogP contribution in [0.2, 0.25) is 0 Å². The fraction of sp³-hybridized carbons (Fsp3) is 0.333. The van der Waals surface area contributed by atoms with Crippen LogP contribution in [0.5, 0.6) is 0 Å². The third-order valence-electron chi connectivity index (χ3n) is 2.44. The van der Waals surface area contributed by atoms with E-state index in [4.69, 9.17) is 15.9 Å². The number of nitrogens with two attached hydrogens (primary N) is 1. The number of hydrogen-bond acceptors (Lipinski definition) is 3. The van der Waals surface area contributed by atoms with Crippen LogP contribution in [0.4, 0.5) is 10.1 Å². The van der Waals surface area contributed by atoms with Crippen LogP contribution in [0.3, 0.4) is 0 Å². The molecule has 0 radical (unpaired) electrons. The average Bonchev–Trinajstić information content (AvgIpc) is 3.04. The molecule has 1 aromatic carbocycles.